The van der Waals surface area contributed by atoms with Crippen molar-refractivity contribution in [1.82, 2.24) is 9.97 Å². The van der Waals surface area contributed by atoms with Gasteiger partial charge in [-0.25, -0.2) is 0 Å². The molecule has 2 aromatic rings. The van der Waals surface area contributed by atoms with Crippen molar-refractivity contribution in [2.24, 2.45) is 0 Å². The van der Waals surface area contributed by atoms with Gasteiger partial charge in [-0.05, 0) is 31.0 Å². The van der Waals surface area contributed by atoms with E-state index in [1.54, 1.807) is 18.6 Å². The van der Waals surface area contributed by atoms with Crippen LogP contribution >= 0.6 is 0 Å². The summed E-state index contributed by atoms with van der Waals surface area (Å²) in [4.78, 5) is 8.55. The highest BCUT2D eigenvalue weighted by Crippen LogP contribution is 2.35. The van der Waals surface area contributed by atoms with Crippen molar-refractivity contribution in [2.45, 2.75) is 18.8 Å². The van der Waals surface area contributed by atoms with Crippen LogP contribution in [0, 0.1) is 6.92 Å². The van der Waals surface area contributed by atoms with Gasteiger partial charge in [-0.2, -0.15) is 0 Å². The second-order valence-electron chi connectivity index (χ2n) is 5.58. The van der Waals surface area contributed by atoms with E-state index in [1.807, 2.05) is 19.1 Å². The Morgan fingerprint density at radius 2 is 2.19 bits per heavy atom. The summed E-state index contributed by atoms with van der Waals surface area (Å²) in [6.45, 7) is 2.48. The smallest absolute Gasteiger partial charge is 0.101 e. The van der Waals surface area contributed by atoms with Crippen molar-refractivity contribution >= 4 is 5.69 Å². The molecule has 110 valence electrons. The molecular formula is C16H18FN3O. The fourth-order valence-electron chi connectivity index (χ4n) is 2.74. The molecule has 0 aliphatic carbocycles. The van der Waals surface area contributed by atoms with Crippen LogP contribution in [0.4, 0.5) is 10.1 Å². The zero-order chi connectivity index (χ0) is 14.9. The van der Waals surface area contributed by atoms with Gasteiger partial charge in [0.15, 0.2) is 0 Å². The highest BCUT2D eigenvalue weighted by molar-refractivity contribution is 5.69. The molecule has 3 rings (SSSR count). The zero-order valence-electron chi connectivity index (χ0n) is 12.0. The van der Waals surface area contributed by atoms with Crippen LogP contribution in [0.5, 0.6) is 0 Å². The van der Waals surface area contributed by atoms with Crippen LogP contribution in [0.15, 0.2) is 30.7 Å². The molecule has 0 radical (unpaired) electrons. The third-order valence-electron chi connectivity index (χ3n) is 4.13. The molecule has 0 spiro atoms. The van der Waals surface area contributed by atoms with Crippen molar-refractivity contribution in [3.63, 3.8) is 0 Å². The van der Waals surface area contributed by atoms with Crippen LogP contribution in [-0.2, 0) is 10.2 Å². The number of rotatable bonds is 3. The molecule has 0 bridgehead atoms. The first-order valence-electron chi connectivity index (χ1n) is 6.96. The molecule has 3 heterocycles. The van der Waals surface area contributed by atoms with Crippen molar-refractivity contribution in [3.8, 4) is 11.1 Å². The third-order valence-corrected chi connectivity index (χ3v) is 4.13. The average Bonchev–Trinajstić information content (AvgIpc) is 3.00. The molecule has 0 amide bonds. The van der Waals surface area contributed by atoms with E-state index in [-0.39, 0.29) is 0 Å². The van der Waals surface area contributed by atoms with Gasteiger partial charge in [-0.15, -0.1) is 0 Å². The maximum Gasteiger partial charge on any atom is 0.101 e. The fourth-order valence-corrected chi connectivity index (χ4v) is 2.74. The van der Waals surface area contributed by atoms with Crippen molar-refractivity contribution in [3.05, 3.63) is 42.0 Å². The van der Waals surface area contributed by atoms with E-state index in [4.69, 9.17) is 10.5 Å². The fraction of sp³-hybridized carbons (Fsp3) is 0.375. The predicted octanol–water partition coefficient (Wildman–Crippen LogP) is 2.66. The van der Waals surface area contributed by atoms with Crippen LogP contribution < -0.4 is 5.73 Å². The molecule has 0 saturated carbocycles. The van der Waals surface area contributed by atoms with Gasteiger partial charge >= 0.3 is 0 Å². The van der Waals surface area contributed by atoms with E-state index >= 15 is 0 Å². The Labute approximate surface area is 123 Å². The lowest BCUT2D eigenvalue weighted by Crippen LogP contribution is -2.29. The number of ether oxygens (including phenoxy) is 1. The van der Waals surface area contributed by atoms with Crippen molar-refractivity contribution < 1.29 is 9.13 Å². The van der Waals surface area contributed by atoms with Crippen LogP contribution in [-0.4, -0.2) is 29.9 Å². The van der Waals surface area contributed by atoms with Gasteiger partial charge in [0.2, 0.25) is 0 Å². The Morgan fingerprint density at radius 3 is 2.90 bits per heavy atom. The highest BCUT2D eigenvalue weighted by atomic mass is 19.1. The minimum Gasteiger partial charge on any atom is -0.397 e. The standard InChI is InChI=1S/C16H18FN3O/c1-11-15(5-14(18)8-20-11)12-4-13(7-19-6-12)16(9-17)2-3-21-10-16/h4-8H,2-3,9-10,18H2,1H3/t16-/m0/s1. The summed E-state index contributed by atoms with van der Waals surface area (Å²) in [5.41, 5.74) is 9.44. The van der Waals surface area contributed by atoms with E-state index in [9.17, 15) is 4.39 Å². The van der Waals surface area contributed by atoms with Crippen LogP contribution in [0.25, 0.3) is 11.1 Å². The maximum absolute atomic E-state index is 13.6. The summed E-state index contributed by atoms with van der Waals surface area (Å²) in [7, 11) is 0. The lowest BCUT2D eigenvalue weighted by molar-refractivity contribution is 0.166. The average molecular weight is 287 g/mol. The zero-order valence-corrected chi connectivity index (χ0v) is 12.0. The Morgan fingerprint density at radius 1 is 1.33 bits per heavy atom. The molecule has 1 aliphatic heterocycles. The number of alkyl halides is 1. The molecule has 1 aliphatic rings. The summed E-state index contributed by atoms with van der Waals surface area (Å²) < 4.78 is 19.0. The second kappa shape index (κ2) is 5.41. The molecule has 0 unspecified atom stereocenters. The first kappa shape index (κ1) is 13.9. The minimum atomic E-state index is -0.565. The van der Waals surface area contributed by atoms with Gasteiger partial charge in [-0.3, -0.25) is 14.4 Å². The molecule has 21 heavy (non-hydrogen) atoms. The monoisotopic (exact) mass is 287 g/mol. The largest absolute Gasteiger partial charge is 0.397 e. The number of aryl methyl sites for hydroxylation is 1. The highest BCUT2D eigenvalue weighted by Gasteiger charge is 2.37. The normalized spacial score (nSPS) is 21.6. The molecule has 2 N–H and O–H groups in total. The second-order valence-corrected chi connectivity index (χ2v) is 5.58. The summed E-state index contributed by atoms with van der Waals surface area (Å²) in [6, 6.07) is 3.85. The van der Waals surface area contributed by atoms with E-state index in [2.05, 4.69) is 9.97 Å². The molecule has 2 aromatic heterocycles. The van der Waals surface area contributed by atoms with Crippen molar-refractivity contribution in [1.29, 1.82) is 0 Å². The molecular weight excluding hydrogens is 269 g/mol. The van der Waals surface area contributed by atoms with E-state index in [0.29, 0.717) is 25.3 Å². The van der Waals surface area contributed by atoms with Crippen LogP contribution in [0.2, 0.25) is 0 Å². The van der Waals surface area contributed by atoms with Gasteiger partial charge < -0.3 is 10.5 Å². The number of pyridine rings is 2. The minimum absolute atomic E-state index is 0.406. The summed E-state index contributed by atoms with van der Waals surface area (Å²) in [5.74, 6) is 0. The topological polar surface area (TPSA) is 61.0 Å². The van der Waals surface area contributed by atoms with Gasteiger partial charge in [0, 0.05) is 35.8 Å². The Balaban J connectivity index is 2.06. The summed E-state index contributed by atoms with van der Waals surface area (Å²) in [5, 5.41) is 0. The van der Waals surface area contributed by atoms with E-state index in [0.717, 1.165) is 22.4 Å². The number of nitrogens with zero attached hydrogens (tertiary/aromatic N) is 2. The Hall–Kier alpha value is -2.01. The Kier molecular flexibility index (Phi) is 3.59. The van der Waals surface area contributed by atoms with Gasteiger partial charge in [-0.1, -0.05) is 0 Å². The number of aromatic nitrogens is 2. The van der Waals surface area contributed by atoms with Crippen LogP contribution in [0.3, 0.4) is 0 Å². The molecule has 1 atom stereocenters. The number of anilines is 1. The Bertz CT molecular complexity index is 654. The number of halogens is 1. The molecule has 4 nitrogen and oxygen atoms in total. The quantitative estimate of drug-likeness (QED) is 0.942. The van der Waals surface area contributed by atoms with Gasteiger partial charge in [0.1, 0.15) is 6.67 Å². The number of nitrogen functional groups attached to an aromatic ring is 1. The number of hydrogen-bond donors (Lipinski definition) is 1. The molecule has 5 heteroatoms. The first-order chi connectivity index (χ1) is 10.1. The van der Waals surface area contributed by atoms with Gasteiger partial charge in [0.25, 0.3) is 0 Å². The summed E-state index contributed by atoms with van der Waals surface area (Å²) >= 11 is 0. The number of hydrogen-bond acceptors (Lipinski definition) is 4. The first-order valence-corrected chi connectivity index (χ1v) is 6.96. The maximum atomic E-state index is 13.6. The number of nitrogens with two attached hydrogens (primary N) is 1. The molecule has 0 aromatic carbocycles. The van der Waals surface area contributed by atoms with Gasteiger partial charge in [0.05, 0.1) is 23.9 Å². The lowest BCUT2D eigenvalue weighted by Gasteiger charge is -2.24. The SMILES string of the molecule is Cc1ncc(N)cc1-c1cncc([C@]2(CF)CCOC2)c1. The molecule has 1 saturated heterocycles. The third kappa shape index (κ3) is 2.49. The van der Waals surface area contributed by atoms with E-state index < -0.39 is 12.1 Å². The lowest BCUT2D eigenvalue weighted by atomic mass is 9.81. The van der Waals surface area contributed by atoms with E-state index in [1.165, 1.54) is 0 Å². The van der Waals surface area contributed by atoms with Crippen LogP contribution in [0.1, 0.15) is 17.7 Å². The summed E-state index contributed by atoms with van der Waals surface area (Å²) in [6.07, 6.45) is 5.80. The molecule has 1 fully saturated rings. The predicted molar refractivity (Wildman–Crippen MR) is 79.7 cm³/mol. The van der Waals surface area contributed by atoms with Crippen molar-refractivity contribution in [2.75, 3.05) is 25.6 Å².